The molecule has 0 N–H and O–H groups in total. The minimum absolute atomic E-state index is 0.111. The van der Waals surface area contributed by atoms with Crippen molar-refractivity contribution < 1.29 is 8.78 Å². The number of para-hydroxylation sites is 1. The van der Waals surface area contributed by atoms with Crippen molar-refractivity contribution in [1.29, 1.82) is 0 Å². The molecule has 0 radical (unpaired) electrons. The molecule has 6 heteroatoms. The molecular weight excluding hydrogens is 340 g/mol. The highest BCUT2D eigenvalue weighted by atomic mass is 32.2. The molecule has 0 fully saturated rings. The lowest BCUT2D eigenvalue weighted by atomic mass is 10.0. The van der Waals surface area contributed by atoms with Gasteiger partial charge >= 0.3 is 0 Å². The lowest BCUT2D eigenvalue weighted by Gasteiger charge is -2.21. The van der Waals surface area contributed by atoms with E-state index in [4.69, 9.17) is 0 Å². The van der Waals surface area contributed by atoms with E-state index in [1.165, 1.54) is 11.9 Å². The van der Waals surface area contributed by atoms with Crippen LogP contribution < -0.4 is 4.31 Å². The number of rotatable bonds is 7. The molecule has 0 bridgehead atoms. The topological polar surface area (TPSA) is 28.0 Å². The van der Waals surface area contributed by atoms with Crippen LogP contribution in [0.5, 0.6) is 0 Å². The lowest BCUT2D eigenvalue weighted by molar-refractivity contribution is 0.224. The summed E-state index contributed by atoms with van der Waals surface area (Å²) >= 11 is 1.53. The molecule has 2 aromatic carbocycles. The standard InChI is InChI=1S/C19H17F2N3S/c1-2-25-24(16-6-4-3-5-7-16)13-14-8-10-15(11-9-14)17-12-18(19(20)21)23-22-17/h2-11,19H,1,12-13H2. The highest BCUT2D eigenvalue weighted by molar-refractivity contribution is 8.03. The first-order valence-corrected chi connectivity index (χ1v) is 8.62. The first-order valence-electron chi connectivity index (χ1n) is 7.78. The van der Waals surface area contributed by atoms with Crippen LogP contribution in [0.25, 0.3) is 0 Å². The van der Waals surface area contributed by atoms with E-state index in [0.29, 0.717) is 12.3 Å². The number of hydrogen-bond donors (Lipinski definition) is 0. The average Bonchev–Trinajstić information content (AvgIpc) is 3.13. The third-order valence-electron chi connectivity index (χ3n) is 3.76. The molecule has 1 heterocycles. The third kappa shape index (κ3) is 4.33. The monoisotopic (exact) mass is 357 g/mol. The summed E-state index contributed by atoms with van der Waals surface area (Å²) in [7, 11) is 0. The molecule has 0 spiro atoms. The Morgan fingerprint density at radius 3 is 2.40 bits per heavy atom. The van der Waals surface area contributed by atoms with Gasteiger partial charge in [0.2, 0.25) is 0 Å². The minimum atomic E-state index is -2.55. The van der Waals surface area contributed by atoms with E-state index in [9.17, 15) is 8.78 Å². The van der Waals surface area contributed by atoms with Crippen molar-refractivity contribution in [3.8, 4) is 0 Å². The Labute approximate surface area is 149 Å². The van der Waals surface area contributed by atoms with Crippen LogP contribution in [-0.2, 0) is 6.54 Å². The molecule has 2 aromatic rings. The van der Waals surface area contributed by atoms with E-state index >= 15 is 0 Å². The maximum absolute atomic E-state index is 12.7. The molecule has 0 saturated carbocycles. The fourth-order valence-electron chi connectivity index (χ4n) is 2.49. The molecule has 0 saturated heterocycles. The van der Waals surface area contributed by atoms with Gasteiger partial charge in [0.05, 0.1) is 12.3 Å². The maximum atomic E-state index is 12.7. The maximum Gasteiger partial charge on any atom is 0.278 e. The number of hydrogen-bond acceptors (Lipinski definition) is 4. The highest BCUT2D eigenvalue weighted by Gasteiger charge is 2.21. The third-order valence-corrected chi connectivity index (χ3v) is 4.50. The summed E-state index contributed by atoms with van der Waals surface area (Å²) < 4.78 is 27.4. The van der Waals surface area contributed by atoms with Crippen LogP contribution in [0, 0.1) is 0 Å². The van der Waals surface area contributed by atoms with E-state index in [0.717, 1.165) is 16.8 Å². The molecule has 0 unspecified atom stereocenters. The second kappa shape index (κ2) is 8.07. The van der Waals surface area contributed by atoms with Gasteiger partial charge in [0.15, 0.2) is 0 Å². The molecule has 0 amide bonds. The zero-order valence-corrected chi connectivity index (χ0v) is 14.3. The van der Waals surface area contributed by atoms with Crippen molar-refractivity contribution in [3.05, 3.63) is 77.7 Å². The van der Waals surface area contributed by atoms with E-state index in [-0.39, 0.29) is 12.1 Å². The summed E-state index contributed by atoms with van der Waals surface area (Å²) in [5.41, 5.74) is 3.44. The first kappa shape index (κ1) is 17.4. The van der Waals surface area contributed by atoms with Crippen LogP contribution >= 0.6 is 11.9 Å². The SMILES string of the molecule is C=CSN(Cc1ccc(C2=NN=C(C(F)F)C2)cc1)c1ccccc1. The summed E-state index contributed by atoms with van der Waals surface area (Å²) in [4.78, 5) is 0. The minimum Gasteiger partial charge on any atom is -0.308 e. The van der Waals surface area contributed by atoms with Gasteiger partial charge in [-0.3, -0.25) is 0 Å². The van der Waals surface area contributed by atoms with Crippen molar-refractivity contribution in [2.45, 2.75) is 19.4 Å². The summed E-state index contributed by atoms with van der Waals surface area (Å²) in [5, 5.41) is 9.22. The molecule has 0 aliphatic carbocycles. The van der Waals surface area contributed by atoms with Crippen molar-refractivity contribution in [3.63, 3.8) is 0 Å². The van der Waals surface area contributed by atoms with Crippen LogP contribution in [0.3, 0.4) is 0 Å². The van der Waals surface area contributed by atoms with E-state index in [2.05, 4.69) is 21.1 Å². The normalized spacial score (nSPS) is 13.6. The fraction of sp³-hybridized carbons (Fsp3) is 0.158. The summed E-state index contributed by atoms with van der Waals surface area (Å²) in [6.45, 7) is 4.49. The Bertz CT molecular complexity index is 786. The van der Waals surface area contributed by atoms with Crippen LogP contribution in [0.4, 0.5) is 14.5 Å². The van der Waals surface area contributed by atoms with Crippen LogP contribution in [0.2, 0.25) is 0 Å². The van der Waals surface area contributed by atoms with Gasteiger partial charge in [-0.1, -0.05) is 49.0 Å². The van der Waals surface area contributed by atoms with Gasteiger partial charge in [-0.05, 0) is 40.6 Å². The van der Waals surface area contributed by atoms with Crippen LogP contribution in [0.1, 0.15) is 17.5 Å². The van der Waals surface area contributed by atoms with Crippen LogP contribution in [-0.4, -0.2) is 17.8 Å². The van der Waals surface area contributed by atoms with E-state index < -0.39 is 6.43 Å². The molecule has 3 rings (SSSR count). The molecule has 0 aromatic heterocycles. The van der Waals surface area contributed by atoms with E-state index in [1.807, 2.05) is 54.6 Å². The zero-order chi connectivity index (χ0) is 17.6. The number of halogens is 2. The summed E-state index contributed by atoms with van der Waals surface area (Å²) in [6, 6.07) is 17.8. The number of alkyl halides is 2. The smallest absolute Gasteiger partial charge is 0.278 e. The molecule has 0 atom stereocenters. The fourth-order valence-corrected chi connectivity index (χ4v) is 3.14. The second-order valence-electron chi connectivity index (χ2n) is 5.46. The first-order chi connectivity index (χ1) is 12.2. The number of benzene rings is 2. The average molecular weight is 357 g/mol. The Morgan fingerprint density at radius 1 is 1.08 bits per heavy atom. The highest BCUT2D eigenvalue weighted by Crippen LogP contribution is 2.25. The van der Waals surface area contributed by atoms with Crippen molar-refractivity contribution >= 4 is 29.1 Å². The number of nitrogens with zero attached hydrogens (tertiary/aromatic N) is 3. The molecule has 1 aliphatic rings. The summed E-state index contributed by atoms with van der Waals surface area (Å²) in [5.74, 6) is 0. The molecule has 3 nitrogen and oxygen atoms in total. The summed E-state index contributed by atoms with van der Waals surface area (Å²) in [6.07, 6.45) is -2.43. The van der Waals surface area contributed by atoms with Crippen molar-refractivity contribution in [2.24, 2.45) is 10.2 Å². The van der Waals surface area contributed by atoms with Gasteiger partial charge in [-0.15, -0.1) is 0 Å². The van der Waals surface area contributed by atoms with E-state index in [1.54, 1.807) is 5.41 Å². The van der Waals surface area contributed by atoms with Gasteiger partial charge in [-0.2, -0.15) is 10.2 Å². The van der Waals surface area contributed by atoms with Crippen LogP contribution in [0.15, 0.2) is 76.8 Å². The molecule has 1 aliphatic heterocycles. The van der Waals surface area contributed by atoms with Gasteiger partial charge in [0.1, 0.15) is 5.71 Å². The van der Waals surface area contributed by atoms with Gasteiger partial charge in [-0.25, -0.2) is 8.78 Å². The molecule has 128 valence electrons. The quantitative estimate of drug-likeness (QED) is 0.629. The van der Waals surface area contributed by atoms with Gasteiger partial charge < -0.3 is 4.31 Å². The zero-order valence-electron chi connectivity index (χ0n) is 13.5. The predicted octanol–water partition coefficient (Wildman–Crippen LogP) is 5.30. The Hall–Kier alpha value is -2.47. The van der Waals surface area contributed by atoms with Crippen molar-refractivity contribution in [2.75, 3.05) is 4.31 Å². The van der Waals surface area contributed by atoms with Crippen molar-refractivity contribution in [1.82, 2.24) is 0 Å². The van der Waals surface area contributed by atoms with Gasteiger partial charge in [0.25, 0.3) is 6.43 Å². The lowest BCUT2D eigenvalue weighted by Crippen LogP contribution is -2.13. The Morgan fingerprint density at radius 2 is 1.80 bits per heavy atom. The Kier molecular flexibility index (Phi) is 5.60. The number of anilines is 1. The van der Waals surface area contributed by atoms with Gasteiger partial charge in [0, 0.05) is 12.1 Å². The molecule has 25 heavy (non-hydrogen) atoms. The predicted molar refractivity (Wildman–Crippen MR) is 101 cm³/mol. The second-order valence-corrected chi connectivity index (χ2v) is 6.44. The molecular formula is C19H17F2N3S. The largest absolute Gasteiger partial charge is 0.308 e. The Balaban J connectivity index is 1.69.